The topological polar surface area (TPSA) is 46.6 Å². The van der Waals surface area contributed by atoms with Crippen LogP contribution in [0, 0.1) is 6.92 Å². The molecule has 0 atom stereocenters. The van der Waals surface area contributed by atoms with Gasteiger partial charge >= 0.3 is 0 Å². The molecule has 160 valence electrons. The number of hydrogen-bond donors (Lipinski definition) is 0. The van der Waals surface area contributed by atoms with E-state index in [2.05, 4.69) is 12.1 Å². The highest BCUT2D eigenvalue weighted by Crippen LogP contribution is 2.37. The number of ether oxygens (including phenoxy) is 1. The summed E-state index contributed by atoms with van der Waals surface area (Å²) in [5.74, 6) is 0.415. The molecule has 0 bridgehead atoms. The second-order valence-corrected chi connectivity index (χ2v) is 9.11. The molecule has 1 aliphatic rings. The summed E-state index contributed by atoms with van der Waals surface area (Å²) < 4.78 is 6.47. The Morgan fingerprint density at radius 3 is 2.56 bits per heavy atom. The molecule has 0 spiro atoms. The summed E-state index contributed by atoms with van der Waals surface area (Å²) >= 11 is 6.71. The minimum Gasteiger partial charge on any atom is -0.488 e. The molecule has 4 nitrogen and oxygen atoms in total. The maximum atomic E-state index is 13.1. The van der Waals surface area contributed by atoms with Gasteiger partial charge in [-0.05, 0) is 43.7 Å². The number of para-hydroxylation sites is 1. The number of carbonyl (C=O) groups is 2. The van der Waals surface area contributed by atoms with Crippen molar-refractivity contribution in [2.45, 2.75) is 20.5 Å². The molecule has 0 aliphatic carbocycles. The number of thiocarbonyl (C=S) groups is 1. The maximum Gasteiger partial charge on any atom is 0.270 e. The van der Waals surface area contributed by atoms with Crippen molar-refractivity contribution >= 4 is 51.8 Å². The molecule has 3 aromatic rings. The average molecular weight is 460 g/mol. The maximum absolute atomic E-state index is 13.1. The molecule has 4 rings (SSSR count). The molecule has 0 radical (unpaired) electrons. The Kier molecular flexibility index (Phi) is 6.53. The lowest BCUT2D eigenvalue weighted by atomic mass is 10.1. The Morgan fingerprint density at radius 2 is 1.81 bits per heavy atom. The lowest BCUT2D eigenvalue weighted by Gasteiger charge is -2.15. The molecule has 1 amide bonds. The van der Waals surface area contributed by atoms with E-state index in [0.29, 0.717) is 32.8 Å². The highest BCUT2D eigenvalue weighted by Gasteiger charge is 2.33. The quantitative estimate of drug-likeness (QED) is 0.250. The summed E-state index contributed by atoms with van der Waals surface area (Å²) in [6.45, 7) is 3.98. The van der Waals surface area contributed by atoms with E-state index in [0.717, 1.165) is 11.1 Å². The van der Waals surface area contributed by atoms with Gasteiger partial charge in [0.25, 0.3) is 5.91 Å². The predicted molar refractivity (Wildman–Crippen MR) is 134 cm³/mol. The van der Waals surface area contributed by atoms with Crippen molar-refractivity contribution in [3.8, 4) is 5.75 Å². The number of hydrogen-bond acceptors (Lipinski definition) is 5. The number of Topliss-reactive ketones (excluding diaryl/α,β-unsaturated/α-hetero) is 1. The van der Waals surface area contributed by atoms with Gasteiger partial charge in [-0.25, -0.2) is 0 Å². The van der Waals surface area contributed by atoms with E-state index in [9.17, 15) is 9.59 Å². The number of rotatable bonds is 6. The van der Waals surface area contributed by atoms with E-state index < -0.39 is 0 Å². The molecule has 1 aliphatic heterocycles. The normalized spacial score (nSPS) is 14.8. The molecular weight excluding hydrogens is 438 g/mol. The van der Waals surface area contributed by atoms with Gasteiger partial charge in [0.1, 0.15) is 12.4 Å². The summed E-state index contributed by atoms with van der Waals surface area (Å²) in [6, 6.07) is 22.7. The number of anilines is 1. The smallest absolute Gasteiger partial charge is 0.270 e. The Balaban J connectivity index is 1.57. The molecule has 0 N–H and O–H groups in total. The van der Waals surface area contributed by atoms with Crippen molar-refractivity contribution in [2.24, 2.45) is 0 Å². The van der Waals surface area contributed by atoms with Crippen molar-refractivity contribution in [1.29, 1.82) is 0 Å². The Hall–Kier alpha value is -3.22. The van der Waals surface area contributed by atoms with Crippen molar-refractivity contribution in [1.82, 2.24) is 0 Å². The third-order valence-corrected chi connectivity index (χ3v) is 6.33. The summed E-state index contributed by atoms with van der Waals surface area (Å²) in [5, 5.41) is 0. The number of thioether (sulfide) groups is 1. The zero-order valence-electron chi connectivity index (χ0n) is 17.7. The van der Waals surface area contributed by atoms with Gasteiger partial charge in [0.05, 0.1) is 10.6 Å². The standard InChI is InChI=1S/C26H21NO3S2/c1-17-10-12-19(13-11-17)16-30-23-9-4-3-6-21(23)15-24-25(29)27(26(31)32-24)22-8-5-7-20(14-22)18(2)28/h3-15H,16H2,1-2H3/b24-15-. The molecule has 0 aromatic heterocycles. The summed E-state index contributed by atoms with van der Waals surface area (Å²) in [4.78, 5) is 26.9. The van der Waals surface area contributed by atoms with E-state index in [1.165, 1.54) is 29.1 Å². The fourth-order valence-corrected chi connectivity index (χ4v) is 4.56. The van der Waals surface area contributed by atoms with Gasteiger partial charge in [-0.1, -0.05) is 84.1 Å². The van der Waals surface area contributed by atoms with Crippen LogP contribution in [0.25, 0.3) is 6.08 Å². The van der Waals surface area contributed by atoms with Crippen LogP contribution in [0.5, 0.6) is 5.75 Å². The fraction of sp³-hybridized carbons (Fsp3) is 0.115. The van der Waals surface area contributed by atoms with Crippen LogP contribution in [0.3, 0.4) is 0 Å². The zero-order chi connectivity index (χ0) is 22.7. The second-order valence-electron chi connectivity index (χ2n) is 7.44. The number of benzene rings is 3. The Labute approximate surface area is 196 Å². The van der Waals surface area contributed by atoms with Crippen molar-refractivity contribution in [2.75, 3.05) is 4.90 Å². The van der Waals surface area contributed by atoms with E-state index in [1.54, 1.807) is 30.3 Å². The number of ketones is 1. The Bertz CT molecular complexity index is 1230. The van der Waals surface area contributed by atoms with Crippen LogP contribution in [-0.2, 0) is 11.4 Å². The van der Waals surface area contributed by atoms with E-state index in [1.807, 2.05) is 43.3 Å². The first-order chi connectivity index (χ1) is 15.4. The van der Waals surface area contributed by atoms with Gasteiger partial charge in [-0.15, -0.1) is 0 Å². The van der Waals surface area contributed by atoms with Crippen molar-refractivity contribution in [3.63, 3.8) is 0 Å². The van der Waals surface area contributed by atoms with Crippen LogP contribution in [-0.4, -0.2) is 16.0 Å². The fourth-order valence-electron chi connectivity index (χ4n) is 3.27. The minimum absolute atomic E-state index is 0.0625. The third kappa shape index (κ3) is 4.82. The molecule has 1 saturated heterocycles. The molecule has 0 saturated carbocycles. The number of aryl methyl sites for hydroxylation is 1. The molecule has 1 fully saturated rings. The van der Waals surface area contributed by atoms with Gasteiger partial charge < -0.3 is 4.74 Å². The first kappa shape index (κ1) is 22.0. The van der Waals surface area contributed by atoms with Gasteiger partial charge in [0.15, 0.2) is 10.1 Å². The van der Waals surface area contributed by atoms with E-state index in [-0.39, 0.29) is 11.7 Å². The average Bonchev–Trinajstić information content (AvgIpc) is 3.07. The van der Waals surface area contributed by atoms with E-state index in [4.69, 9.17) is 17.0 Å². The lowest BCUT2D eigenvalue weighted by Crippen LogP contribution is -2.27. The predicted octanol–water partition coefficient (Wildman–Crippen LogP) is 6.18. The van der Waals surface area contributed by atoms with Crippen LogP contribution in [0.15, 0.2) is 77.7 Å². The summed E-state index contributed by atoms with van der Waals surface area (Å²) in [5.41, 5.74) is 4.20. The molecular formula is C26H21NO3S2. The SMILES string of the molecule is CC(=O)c1cccc(N2C(=O)/C(=C/c3ccccc3OCc3ccc(C)cc3)SC2=S)c1. The molecule has 6 heteroatoms. The van der Waals surface area contributed by atoms with Crippen LogP contribution in [0.4, 0.5) is 5.69 Å². The monoisotopic (exact) mass is 459 g/mol. The molecule has 1 heterocycles. The van der Waals surface area contributed by atoms with Crippen LogP contribution in [0.1, 0.15) is 34.0 Å². The largest absolute Gasteiger partial charge is 0.488 e. The van der Waals surface area contributed by atoms with Crippen LogP contribution < -0.4 is 9.64 Å². The first-order valence-electron chi connectivity index (χ1n) is 10.1. The van der Waals surface area contributed by atoms with Gasteiger partial charge in [-0.2, -0.15) is 0 Å². The van der Waals surface area contributed by atoms with Crippen LogP contribution in [0.2, 0.25) is 0 Å². The lowest BCUT2D eigenvalue weighted by molar-refractivity contribution is -0.113. The van der Waals surface area contributed by atoms with Gasteiger partial charge in [0.2, 0.25) is 0 Å². The summed E-state index contributed by atoms with van der Waals surface area (Å²) in [6.07, 6.45) is 1.80. The number of amides is 1. The summed E-state index contributed by atoms with van der Waals surface area (Å²) in [7, 11) is 0. The van der Waals surface area contributed by atoms with Crippen LogP contribution >= 0.6 is 24.0 Å². The third-order valence-electron chi connectivity index (χ3n) is 5.03. The molecule has 32 heavy (non-hydrogen) atoms. The number of nitrogens with zero attached hydrogens (tertiary/aromatic N) is 1. The highest BCUT2D eigenvalue weighted by molar-refractivity contribution is 8.27. The highest BCUT2D eigenvalue weighted by atomic mass is 32.2. The molecule has 3 aromatic carbocycles. The van der Waals surface area contributed by atoms with Gasteiger partial charge in [0, 0.05) is 11.1 Å². The van der Waals surface area contributed by atoms with Crippen molar-refractivity contribution < 1.29 is 14.3 Å². The number of carbonyl (C=O) groups excluding carboxylic acids is 2. The first-order valence-corrected chi connectivity index (χ1v) is 11.3. The molecule has 0 unspecified atom stereocenters. The minimum atomic E-state index is -0.214. The zero-order valence-corrected chi connectivity index (χ0v) is 19.3. The van der Waals surface area contributed by atoms with Gasteiger partial charge in [-0.3, -0.25) is 14.5 Å². The second kappa shape index (κ2) is 9.51. The Morgan fingerprint density at radius 1 is 1.06 bits per heavy atom. The van der Waals surface area contributed by atoms with E-state index >= 15 is 0 Å². The van der Waals surface area contributed by atoms with Crippen molar-refractivity contribution in [3.05, 3.63) is 100.0 Å².